The Morgan fingerprint density at radius 1 is 1.38 bits per heavy atom. The highest BCUT2D eigenvalue weighted by molar-refractivity contribution is 5.94. The molecule has 1 amide bonds. The van der Waals surface area contributed by atoms with Crippen LogP contribution in [0.25, 0.3) is 0 Å². The van der Waals surface area contributed by atoms with Crippen LogP contribution in [0.15, 0.2) is 29.4 Å². The van der Waals surface area contributed by atoms with E-state index in [-0.39, 0.29) is 12.0 Å². The van der Waals surface area contributed by atoms with Gasteiger partial charge in [-0.3, -0.25) is 4.79 Å². The fourth-order valence-electron chi connectivity index (χ4n) is 2.06. The van der Waals surface area contributed by atoms with E-state index in [2.05, 4.69) is 5.10 Å². The Hall–Kier alpha value is -1.96. The molecule has 1 heterocycles. The third-order valence-corrected chi connectivity index (χ3v) is 3.16. The highest BCUT2D eigenvalue weighted by Gasteiger charge is 2.52. The molecule has 1 N–H and O–H groups in total. The SMILES string of the molecule is CCC(=O)N1N=C(C(F)(F)F)CC1(O)c1ccc(F)cc1. The summed E-state index contributed by atoms with van der Waals surface area (Å²) in [5, 5.41) is 14.2. The molecule has 0 radical (unpaired) electrons. The van der Waals surface area contributed by atoms with Crippen LogP contribution in [0.5, 0.6) is 0 Å². The average molecular weight is 304 g/mol. The third-order valence-electron chi connectivity index (χ3n) is 3.16. The first-order chi connectivity index (χ1) is 9.68. The van der Waals surface area contributed by atoms with E-state index in [1.54, 1.807) is 0 Å². The first-order valence-corrected chi connectivity index (χ1v) is 6.14. The van der Waals surface area contributed by atoms with E-state index in [9.17, 15) is 27.5 Å². The molecular formula is C13H12F4N2O2. The van der Waals surface area contributed by atoms with Crippen LogP contribution in [0.2, 0.25) is 0 Å². The fourth-order valence-corrected chi connectivity index (χ4v) is 2.06. The van der Waals surface area contributed by atoms with E-state index >= 15 is 0 Å². The van der Waals surface area contributed by atoms with Gasteiger partial charge in [0, 0.05) is 12.0 Å². The average Bonchev–Trinajstić information content (AvgIpc) is 2.78. The van der Waals surface area contributed by atoms with Gasteiger partial charge in [-0.15, -0.1) is 0 Å². The highest BCUT2D eigenvalue weighted by atomic mass is 19.4. The molecule has 4 nitrogen and oxygen atoms in total. The minimum atomic E-state index is -4.75. The number of rotatable bonds is 2. The molecule has 21 heavy (non-hydrogen) atoms. The van der Waals surface area contributed by atoms with Gasteiger partial charge in [-0.05, 0) is 12.1 Å². The standard InChI is InChI=1S/C13H12F4N2O2/c1-2-11(20)19-12(21,7-10(18-19)13(15,16)17)8-3-5-9(14)6-4-8/h3-6,21H,2,7H2,1H3. The fraction of sp³-hybridized carbons (Fsp3) is 0.385. The first kappa shape index (κ1) is 15.4. The molecule has 1 aliphatic rings. The molecule has 0 aromatic heterocycles. The molecule has 0 saturated heterocycles. The quantitative estimate of drug-likeness (QED) is 0.854. The number of hydrogen-bond donors (Lipinski definition) is 1. The Labute approximate surface area is 117 Å². The summed E-state index contributed by atoms with van der Waals surface area (Å²) in [6.45, 7) is 1.44. The molecule has 0 aliphatic carbocycles. The third kappa shape index (κ3) is 2.76. The van der Waals surface area contributed by atoms with Crippen LogP contribution < -0.4 is 0 Å². The zero-order valence-corrected chi connectivity index (χ0v) is 11.0. The van der Waals surface area contributed by atoms with Crippen LogP contribution in [0.3, 0.4) is 0 Å². The summed E-state index contributed by atoms with van der Waals surface area (Å²) >= 11 is 0. The number of carbonyl (C=O) groups is 1. The van der Waals surface area contributed by atoms with Crippen molar-refractivity contribution in [3.63, 3.8) is 0 Å². The van der Waals surface area contributed by atoms with Crippen molar-refractivity contribution in [2.24, 2.45) is 5.10 Å². The Kier molecular flexibility index (Phi) is 3.75. The summed E-state index contributed by atoms with van der Waals surface area (Å²) in [4.78, 5) is 11.8. The largest absolute Gasteiger partial charge is 0.431 e. The molecule has 1 unspecified atom stereocenters. The number of alkyl halides is 3. The highest BCUT2D eigenvalue weighted by Crippen LogP contribution is 2.39. The molecule has 114 valence electrons. The van der Waals surface area contributed by atoms with Crippen molar-refractivity contribution in [3.8, 4) is 0 Å². The van der Waals surface area contributed by atoms with Gasteiger partial charge >= 0.3 is 6.18 Å². The molecule has 1 aliphatic heterocycles. The summed E-state index contributed by atoms with van der Waals surface area (Å²) in [6, 6.07) is 4.24. The van der Waals surface area contributed by atoms with Gasteiger partial charge in [0.25, 0.3) is 0 Å². The van der Waals surface area contributed by atoms with Gasteiger partial charge in [0.15, 0.2) is 5.72 Å². The number of amides is 1. The van der Waals surface area contributed by atoms with Gasteiger partial charge in [-0.2, -0.15) is 23.3 Å². The second-order valence-corrected chi connectivity index (χ2v) is 4.60. The zero-order valence-electron chi connectivity index (χ0n) is 11.0. The second kappa shape index (κ2) is 5.10. The van der Waals surface area contributed by atoms with Crippen molar-refractivity contribution in [3.05, 3.63) is 35.6 Å². The van der Waals surface area contributed by atoms with Crippen molar-refractivity contribution in [1.82, 2.24) is 5.01 Å². The minimum Gasteiger partial charge on any atom is -0.365 e. The Bertz CT molecular complexity index is 583. The minimum absolute atomic E-state index is 0.0336. The predicted molar refractivity (Wildman–Crippen MR) is 65.5 cm³/mol. The van der Waals surface area contributed by atoms with Crippen LogP contribution in [-0.4, -0.2) is 27.9 Å². The van der Waals surface area contributed by atoms with Crippen LogP contribution in [0, 0.1) is 5.82 Å². The molecule has 0 spiro atoms. The summed E-state index contributed by atoms with van der Waals surface area (Å²) in [5.74, 6) is -1.37. The van der Waals surface area contributed by atoms with Crippen LogP contribution >= 0.6 is 0 Å². The topological polar surface area (TPSA) is 52.9 Å². The van der Waals surface area contributed by atoms with E-state index in [1.165, 1.54) is 6.92 Å². The summed E-state index contributed by atoms with van der Waals surface area (Å²) < 4.78 is 51.3. The first-order valence-electron chi connectivity index (χ1n) is 6.14. The van der Waals surface area contributed by atoms with Gasteiger partial charge in [-0.1, -0.05) is 19.1 Å². The Morgan fingerprint density at radius 3 is 2.43 bits per heavy atom. The molecule has 0 saturated carbocycles. The van der Waals surface area contributed by atoms with Gasteiger partial charge in [0.1, 0.15) is 11.5 Å². The van der Waals surface area contributed by atoms with Crippen LogP contribution in [0.4, 0.5) is 17.6 Å². The van der Waals surface area contributed by atoms with Crippen molar-refractivity contribution >= 4 is 11.6 Å². The van der Waals surface area contributed by atoms with Crippen molar-refractivity contribution in [2.75, 3.05) is 0 Å². The van der Waals surface area contributed by atoms with Gasteiger partial charge in [0.05, 0.1) is 6.42 Å². The van der Waals surface area contributed by atoms with Gasteiger partial charge in [0.2, 0.25) is 5.91 Å². The molecular weight excluding hydrogens is 292 g/mol. The summed E-state index contributed by atoms with van der Waals surface area (Å²) in [7, 11) is 0. The maximum atomic E-state index is 12.9. The zero-order chi connectivity index (χ0) is 15.8. The lowest BCUT2D eigenvalue weighted by Gasteiger charge is -2.31. The lowest BCUT2D eigenvalue weighted by molar-refractivity contribution is -0.157. The van der Waals surface area contributed by atoms with Crippen molar-refractivity contribution in [2.45, 2.75) is 31.7 Å². The Morgan fingerprint density at radius 2 is 1.95 bits per heavy atom. The summed E-state index contributed by atoms with van der Waals surface area (Å²) in [6.07, 6.45) is -5.78. The molecule has 8 heteroatoms. The number of aliphatic hydroxyl groups is 1. The maximum Gasteiger partial charge on any atom is 0.431 e. The van der Waals surface area contributed by atoms with E-state index in [0.717, 1.165) is 24.3 Å². The van der Waals surface area contributed by atoms with Gasteiger partial charge < -0.3 is 5.11 Å². The molecule has 1 aromatic carbocycles. The van der Waals surface area contributed by atoms with Crippen molar-refractivity contribution < 1.29 is 27.5 Å². The van der Waals surface area contributed by atoms with E-state index in [1.807, 2.05) is 0 Å². The second-order valence-electron chi connectivity index (χ2n) is 4.60. The van der Waals surface area contributed by atoms with Gasteiger partial charge in [-0.25, -0.2) is 4.39 Å². The molecule has 0 fully saturated rings. The van der Waals surface area contributed by atoms with Crippen LogP contribution in [0.1, 0.15) is 25.3 Å². The monoisotopic (exact) mass is 304 g/mol. The number of nitrogens with zero attached hydrogens (tertiary/aromatic N) is 2. The number of carbonyl (C=O) groups excluding carboxylic acids is 1. The lowest BCUT2D eigenvalue weighted by Crippen LogP contribution is -2.43. The van der Waals surface area contributed by atoms with Crippen LogP contribution in [-0.2, 0) is 10.5 Å². The smallest absolute Gasteiger partial charge is 0.365 e. The molecule has 1 atom stereocenters. The number of hydrazone groups is 1. The number of hydrogen-bond acceptors (Lipinski definition) is 3. The Balaban J connectivity index is 2.46. The summed E-state index contributed by atoms with van der Waals surface area (Å²) in [5.41, 5.74) is -3.55. The number of benzene rings is 1. The molecule has 1 aromatic rings. The van der Waals surface area contributed by atoms with E-state index in [0.29, 0.717) is 5.01 Å². The predicted octanol–water partition coefficient (Wildman–Crippen LogP) is 2.53. The van der Waals surface area contributed by atoms with E-state index < -0.39 is 35.8 Å². The lowest BCUT2D eigenvalue weighted by atomic mass is 9.97. The molecule has 2 rings (SSSR count). The molecule has 0 bridgehead atoms. The van der Waals surface area contributed by atoms with E-state index in [4.69, 9.17) is 0 Å². The van der Waals surface area contributed by atoms with Crippen molar-refractivity contribution in [1.29, 1.82) is 0 Å². The number of halogens is 4. The normalized spacial score (nSPS) is 22.4. The maximum absolute atomic E-state index is 12.9.